The lowest BCUT2D eigenvalue weighted by Crippen LogP contribution is -2.24. The molecule has 0 N–H and O–H groups in total. The minimum absolute atomic E-state index is 0.258. The van der Waals surface area contributed by atoms with E-state index in [-0.39, 0.29) is 11.3 Å². The molecule has 1 aromatic carbocycles. The molecule has 0 aliphatic heterocycles. The molecule has 0 aromatic heterocycles. The molecule has 0 heterocycles. The number of hydrogen-bond acceptors (Lipinski definition) is 5. The molecule has 0 saturated carbocycles. The van der Waals surface area contributed by atoms with Crippen molar-refractivity contribution in [2.24, 2.45) is 4.99 Å². The van der Waals surface area contributed by atoms with E-state index in [0.29, 0.717) is 10.2 Å². The van der Waals surface area contributed by atoms with E-state index in [4.69, 9.17) is 9.47 Å². The van der Waals surface area contributed by atoms with Crippen LogP contribution in [0.1, 0.15) is 31.1 Å². The summed E-state index contributed by atoms with van der Waals surface area (Å²) in [6.45, 7) is 5.33. The van der Waals surface area contributed by atoms with Crippen LogP contribution in [0.4, 0.5) is 5.69 Å². The van der Waals surface area contributed by atoms with Crippen molar-refractivity contribution in [1.29, 1.82) is 0 Å². The summed E-state index contributed by atoms with van der Waals surface area (Å²) >= 11 is 3.22. The average Bonchev–Trinajstić information content (AvgIpc) is 2.29. The number of carbonyl (C=O) groups excluding carboxylic acids is 2. The minimum Gasteiger partial charge on any atom is -0.496 e. The molecule has 0 amide bonds. The lowest BCUT2D eigenvalue weighted by Gasteiger charge is -2.20. The molecule has 1 rings (SSSR count). The molecule has 102 valence electrons. The molecule has 0 aliphatic rings. The van der Waals surface area contributed by atoms with Gasteiger partial charge in [0.05, 0.1) is 12.8 Å². The second kappa shape index (κ2) is 5.99. The van der Waals surface area contributed by atoms with Crippen molar-refractivity contribution in [2.45, 2.75) is 26.4 Å². The van der Waals surface area contributed by atoms with Gasteiger partial charge in [-0.05, 0) is 42.8 Å². The highest BCUT2D eigenvalue weighted by atomic mass is 79.9. The van der Waals surface area contributed by atoms with E-state index in [0.717, 1.165) is 0 Å². The monoisotopic (exact) mass is 327 g/mol. The molecule has 0 bridgehead atoms. The lowest BCUT2D eigenvalue weighted by atomic mass is 10.1. The molecular weight excluding hydrogens is 314 g/mol. The molecule has 6 heteroatoms. The molecule has 0 atom stereocenters. The second-order valence-electron chi connectivity index (χ2n) is 4.71. The van der Waals surface area contributed by atoms with Gasteiger partial charge in [0, 0.05) is 10.5 Å². The normalized spacial score (nSPS) is 10.6. The number of methoxy groups -OCH3 is 1. The third kappa shape index (κ3) is 4.19. The second-order valence-corrected chi connectivity index (χ2v) is 5.56. The van der Waals surface area contributed by atoms with Crippen molar-refractivity contribution >= 4 is 33.7 Å². The van der Waals surface area contributed by atoms with Crippen LogP contribution >= 0.6 is 15.9 Å². The smallest absolute Gasteiger partial charge is 0.342 e. The Bertz CT molecular complexity index is 542. The molecular formula is C13H14BrNO4. The summed E-state index contributed by atoms with van der Waals surface area (Å²) in [4.78, 5) is 25.8. The number of benzene rings is 1. The van der Waals surface area contributed by atoms with Crippen LogP contribution in [0.3, 0.4) is 0 Å². The maximum Gasteiger partial charge on any atom is 0.342 e. The Kier molecular flexibility index (Phi) is 4.86. The Hall–Kier alpha value is -1.65. The van der Waals surface area contributed by atoms with Gasteiger partial charge in [0.2, 0.25) is 6.08 Å². The van der Waals surface area contributed by atoms with Crippen LogP contribution in [0.25, 0.3) is 0 Å². The molecule has 0 unspecified atom stereocenters. The van der Waals surface area contributed by atoms with Crippen LogP contribution in [-0.2, 0) is 9.53 Å². The van der Waals surface area contributed by atoms with Crippen molar-refractivity contribution in [3.8, 4) is 5.75 Å². The number of esters is 1. The van der Waals surface area contributed by atoms with Gasteiger partial charge >= 0.3 is 5.97 Å². The van der Waals surface area contributed by atoms with Crippen molar-refractivity contribution < 1.29 is 19.1 Å². The molecule has 0 saturated heterocycles. The van der Waals surface area contributed by atoms with Gasteiger partial charge < -0.3 is 9.47 Å². The number of aliphatic imine (C=N–C) groups is 1. The van der Waals surface area contributed by atoms with E-state index < -0.39 is 11.6 Å². The van der Waals surface area contributed by atoms with E-state index in [1.54, 1.807) is 20.8 Å². The SMILES string of the molecule is COc1cc(N=C=O)c(Br)cc1C(=O)OC(C)(C)C. The lowest BCUT2D eigenvalue weighted by molar-refractivity contribution is 0.00665. The first-order chi connectivity index (χ1) is 8.78. The molecule has 5 nitrogen and oxygen atoms in total. The zero-order valence-corrected chi connectivity index (χ0v) is 12.7. The number of halogens is 1. The van der Waals surface area contributed by atoms with Crippen LogP contribution in [0.2, 0.25) is 0 Å². The molecule has 0 aliphatic carbocycles. The van der Waals surface area contributed by atoms with Crippen molar-refractivity contribution in [3.63, 3.8) is 0 Å². The number of nitrogens with zero attached hydrogens (tertiary/aromatic N) is 1. The van der Waals surface area contributed by atoms with E-state index in [1.165, 1.54) is 25.3 Å². The number of ether oxygens (including phenoxy) is 2. The number of rotatable bonds is 3. The maximum absolute atomic E-state index is 12.0. The predicted molar refractivity (Wildman–Crippen MR) is 73.6 cm³/mol. The zero-order chi connectivity index (χ0) is 14.6. The fourth-order valence-electron chi connectivity index (χ4n) is 1.34. The Morgan fingerprint density at radius 2 is 2.00 bits per heavy atom. The van der Waals surface area contributed by atoms with Crippen molar-refractivity contribution in [3.05, 3.63) is 22.2 Å². The number of carbonyl (C=O) groups is 1. The fraction of sp³-hybridized carbons (Fsp3) is 0.385. The van der Waals surface area contributed by atoms with Gasteiger partial charge in [-0.3, -0.25) is 0 Å². The van der Waals surface area contributed by atoms with Crippen molar-refractivity contribution in [1.82, 2.24) is 0 Å². The summed E-state index contributed by atoms with van der Waals surface area (Å²) in [5, 5.41) is 0. The Morgan fingerprint density at radius 1 is 1.37 bits per heavy atom. The van der Waals surface area contributed by atoms with Crippen LogP contribution in [0, 0.1) is 0 Å². The van der Waals surface area contributed by atoms with Crippen LogP contribution < -0.4 is 4.74 Å². The largest absolute Gasteiger partial charge is 0.496 e. The summed E-state index contributed by atoms with van der Waals surface area (Å²) in [5.74, 6) is -0.224. The average molecular weight is 328 g/mol. The molecule has 19 heavy (non-hydrogen) atoms. The Morgan fingerprint density at radius 3 is 2.47 bits per heavy atom. The van der Waals surface area contributed by atoms with E-state index in [2.05, 4.69) is 20.9 Å². The summed E-state index contributed by atoms with van der Waals surface area (Å²) in [6, 6.07) is 2.97. The summed E-state index contributed by atoms with van der Waals surface area (Å²) in [6.07, 6.45) is 1.44. The quantitative estimate of drug-likeness (QED) is 0.485. The number of isocyanates is 1. The highest BCUT2D eigenvalue weighted by molar-refractivity contribution is 9.10. The molecule has 0 spiro atoms. The first-order valence-electron chi connectivity index (χ1n) is 5.47. The predicted octanol–water partition coefficient (Wildman–Crippen LogP) is 3.38. The molecule has 0 radical (unpaired) electrons. The Balaban J connectivity index is 3.24. The fourth-order valence-corrected chi connectivity index (χ4v) is 1.77. The minimum atomic E-state index is -0.603. The summed E-state index contributed by atoms with van der Waals surface area (Å²) in [5.41, 5.74) is -0.0120. The van der Waals surface area contributed by atoms with Gasteiger partial charge in [0.25, 0.3) is 0 Å². The highest BCUT2D eigenvalue weighted by Gasteiger charge is 2.22. The number of hydrogen-bond donors (Lipinski definition) is 0. The van der Waals surface area contributed by atoms with Crippen molar-refractivity contribution in [2.75, 3.05) is 7.11 Å². The van der Waals surface area contributed by atoms with E-state index >= 15 is 0 Å². The van der Waals surface area contributed by atoms with Gasteiger partial charge in [0.1, 0.15) is 16.9 Å². The van der Waals surface area contributed by atoms with E-state index in [1.807, 2.05) is 0 Å². The standard InChI is InChI=1S/C13H14BrNO4/c1-13(2,3)19-12(17)8-5-9(14)10(15-7-16)6-11(8)18-4/h5-6H,1-4H3. The van der Waals surface area contributed by atoms with Gasteiger partial charge in [-0.1, -0.05) is 0 Å². The zero-order valence-electron chi connectivity index (χ0n) is 11.1. The molecule has 0 fully saturated rings. The first-order valence-corrected chi connectivity index (χ1v) is 6.26. The summed E-state index contributed by atoms with van der Waals surface area (Å²) < 4.78 is 10.9. The third-order valence-corrected chi connectivity index (χ3v) is 2.69. The summed E-state index contributed by atoms with van der Waals surface area (Å²) in [7, 11) is 1.42. The van der Waals surface area contributed by atoms with Gasteiger partial charge in [-0.2, -0.15) is 4.99 Å². The maximum atomic E-state index is 12.0. The van der Waals surface area contributed by atoms with Crippen LogP contribution in [0.15, 0.2) is 21.6 Å². The third-order valence-electron chi connectivity index (χ3n) is 2.05. The van der Waals surface area contributed by atoms with Crippen LogP contribution in [-0.4, -0.2) is 24.8 Å². The van der Waals surface area contributed by atoms with E-state index in [9.17, 15) is 9.59 Å². The van der Waals surface area contributed by atoms with Crippen LogP contribution in [0.5, 0.6) is 5.75 Å². The highest BCUT2D eigenvalue weighted by Crippen LogP contribution is 2.33. The molecule has 1 aromatic rings. The Labute approximate surface area is 119 Å². The van der Waals surface area contributed by atoms with Gasteiger partial charge in [-0.15, -0.1) is 0 Å². The van der Waals surface area contributed by atoms with Gasteiger partial charge in [0.15, 0.2) is 0 Å². The van der Waals surface area contributed by atoms with Gasteiger partial charge in [-0.25, -0.2) is 9.59 Å². The first kappa shape index (κ1) is 15.4. The topological polar surface area (TPSA) is 65.0 Å².